The third kappa shape index (κ3) is 5.16. The molecule has 0 radical (unpaired) electrons. The van der Waals surface area contributed by atoms with Crippen molar-refractivity contribution in [1.82, 2.24) is 9.55 Å². The number of hydrogen-bond acceptors (Lipinski definition) is 4. The molecule has 186 valence electrons. The third-order valence-corrected chi connectivity index (χ3v) is 6.50. The molecule has 2 unspecified atom stereocenters. The van der Waals surface area contributed by atoms with Crippen LogP contribution in [0.4, 0.5) is 14.6 Å². The van der Waals surface area contributed by atoms with E-state index in [0.717, 1.165) is 0 Å². The summed E-state index contributed by atoms with van der Waals surface area (Å²) < 4.78 is 30.2. The summed E-state index contributed by atoms with van der Waals surface area (Å²) in [5, 5.41) is 3.19. The number of nitrogens with one attached hydrogen (secondary N) is 1. The molecule has 0 spiro atoms. The van der Waals surface area contributed by atoms with E-state index in [1.54, 1.807) is 53.0 Å². The van der Waals surface area contributed by atoms with E-state index in [1.165, 1.54) is 10.8 Å². The first-order valence-corrected chi connectivity index (χ1v) is 11.8. The Hall–Kier alpha value is -3.42. The van der Waals surface area contributed by atoms with Crippen LogP contribution in [0, 0.1) is 5.92 Å². The van der Waals surface area contributed by atoms with Crippen LogP contribution >= 0.6 is 0 Å². The molecule has 1 N–H and O–H groups in total. The number of rotatable bonds is 8. The van der Waals surface area contributed by atoms with Gasteiger partial charge in [0.1, 0.15) is 17.8 Å². The van der Waals surface area contributed by atoms with Crippen molar-refractivity contribution in [2.75, 3.05) is 5.32 Å². The molecule has 2 aromatic heterocycles. The summed E-state index contributed by atoms with van der Waals surface area (Å²) >= 11 is 0. The minimum absolute atomic E-state index is 0.0673. The Balaban J connectivity index is 2.09. The van der Waals surface area contributed by atoms with Crippen LogP contribution in [-0.2, 0) is 16.6 Å². The van der Waals surface area contributed by atoms with Crippen LogP contribution in [0.25, 0.3) is 16.5 Å². The van der Waals surface area contributed by atoms with Gasteiger partial charge >= 0.3 is 0 Å². The van der Waals surface area contributed by atoms with E-state index in [4.69, 9.17) is 0 Å². The zero-order valence-electron chi connectivity index (χ0n) is 21.0. The van der Waals surface area contributed by atoms with Crippen LogP contribution in [0.3, 0.4) is 0 Å². The number of Topliss-reactive ketones (excluding diaryl/α,β-unsaturated/α-hetero) is 1. The van der Waals surface area contributed by atoms with Crippen LogP contribution in [0.1, 0.15) is 59.4 Å². The molecular formula is C27H31F2N3O3. The summed E-state index contributed by atoms with van der Waals surface area (Å²) in [5.74, 6) is -1.79. The zero-order valence-corrected chi connectivity index (χ0v) is 21.0. The van der Waals surface area contributed by atoms with Gasteiger partial charge in [-0.3, -0.25) is 14.4 Å². The molecule has 35 heavy (non-hydrogen) atoms. The number of aryl methyl sites for hydroxylation is 1. The highest BCUT2D eigenvalue weighted by atomic mass is 19.1. The lowest BCUT2D eigenvalue weighted by Crippen LogP contribution is -2.22. The fraction of sp³-hybridized carbons (Fsp3) is 0.407. The van der Waals surface area contributed by atoms with E-state index in [0.29, 0.717) is 28.5 Å². The van der Waals surface area contributed by atoms with E-state index in [2.05, 4.69) is 10.3 Å². The van der Waals surface area contributed by atoms with Gasteiger partial charge < -0.3 is 9.88 Å². The standard InChI is InChI=1S/C27H31F2N3O3/c1-7-14(4)24(22(33)9-3)25(29)15(5)17(8-2)18-10-16-13-30-23(12-21(16)32(6)27(18)35)31-26(34)19-11-20(19)28/h8,10,12-13,19-20H,7,9,11H2,1-6H3,(H,30,31,34)/b17-8+,24-14+,25-15+. The van der Waals surface area contributed by atoms with Crippen molar-refractivity contribution >= 4 is 34.0 Å². The van der Waals surface area contributed by atoms with Crippen molar-refractivity contribution in [3.8, 4) is 0 Å². The van der Waals surface area contributed by atoms with Crippen LogP contribution in [0.5, 0.6) is 0 Å². The predicted octanol–water partition coefficient (Wildman–Crippen LogP) is 5.58. The minimum atomic E-state index is -1.12. The second-order valence-electron chi connectivity index (χ2n) is 8.82. The molecule has 2 heterocycles. The second-order valence-corrected chi connectivity index (χ2v) is 8.82. The number of aromatic nitrogens is 2. The smallest absolute Gasteiger partial charge is 0.258 e. The van der Waals surface area contributed by atoms with Crippen molar-refractivity contribution in [3.63, 3.8) is 0 Å². The molecule has 2 atom stereocenters. The number of carbonyl (C=O) groups excluding carboxylic acids is 2. The molecule has 1 amide bonds. The largest absolute Gasteiger partial charge is 0.311 e. The number of alkyl halides is 1. The van der Waals surface area contributed by atoms with Gasteiger partial charge in [-0.05, 0) is 50.8 Å². The highest BCUT2D eigenvalue weighted by molar-refractivity contribution is 6.01. The Morgan fingerprint density at radius 3 is 2.43 bits per heavy atom. The molecule has 6 nitrogen and oxygen atoms in total. The number of amides is 1. The average molecular weight is 484 g/mol. The fourth-order valence-electron chi connectivity index (χ4n) is 4.06. The molecule has 0 saturated heterocycles. The molecule has 0 bridgehead atoms. The van der Waals surface area contributed by atoms with Gasteiger partial charge in [0.2, 0.25) is 5.91 Å². The monoisotopic (exact) mass is 483 g/mol. The third-order valence-electron chi connectivity index (χ3n) is 6.50. The maximum Gasteiger partial charge on any atom is 0.258 e. The van der Waals surface area contributed by atoms with Crippen molar-refractivity contribution < 1.29 is 18.4 Å². The number of hydrogen-bond donors (Lipinski definition) is 1. The molecular weight excluding hydrogens is 452 g/mol. The second kappa shape index (κ2) is 10.5. The van der Waals surface area contributed by atoms with E-state index < -0.39 is 23.8 Å². The summed E-state index contributed by atoms with van der Waals surface area (Å²) in [6.07, 6.45) is 2.94. The van der Waals surface area contributed by atoms with Gasteiger partial charge in [-0.2, -0.15) is 0 Å². The molecule has 3 rings (SSSR count). The van der Waals surface area contributed by atoms with E-state index >= 15 is 4.39 Å². The Morgan fingerprint density at radius 1 is 1.23 bits per heavy atom. The number of halogens is 2. The van der Waals surface area contributed by atoms with Crippen molar-refractivity contribution in [2.24, 2.45) is 13.0 Å². The zero-order chi connectivity index (χ0) is 26.0. The topological polar surface area (TPSA) is 81.1 Å². The van der Waals surface area contributed by atoms with Crippen LogP contribution in [0.15, 0.2) is 51.7 Å². The summed E-state index contributed by atoms with van der Waals surface area (Å²) in [4.78, 5) is 42.1. The van der Waals surface area contributed by atoms with Gasteiger partial charge in [0.25, 0.3) is 5.56 Å². The Labute approximate surface area is 203 Å². The van der Waals surface area contributed by atoms with Gasteiger partial charge in [0, 0.05) is 36.7 Å². The Morgan fingerprint density at radius 2 is 1.89 bits per heavy atom. The quantitative estimate of drug-likeness (QED) is 0.392. The van der Waals surface area contributed by atoms with E-state index in [-0.39, 0.29) is 46.7 Å². The SMILES string of the molecule is C\C=C(/C(C)=C(F)\C(C(=O)CC)=C(/C)CC)c1cc2cnc(NC(=O)C3CC3F)cc2n(C)c1=O. The number of fused-ring (bicyclic) bond motifs is 1. The number of ketones is 1. The van der Waals surface area contributed by atoms with E-state index in [9.17, 15) is 18.8 Å². The number of pyridine rings is 2. The average Bonchev–Trinajstić information content (AvgIpc) is 3.59. The van der Waals surface area contributed by atoms with Crippen LogP contribution < -0.4 is 10.9 Å². The fourth-order valence-corrected chi connectivity index (χ4v) is 4.06. The van der Waals surface area contributed by atoms with E-state index in [1.807, 2.05) is 6.92 Å². The first kappa shape index (κ1) is 26.2. The molecule has 8 heteroatoms. The Kier molecular flexibility index (Phi) is 7.83. The normalized spacial score (nSPS) is 19.3. The highest BCUT2D eigenvalue weighted by Crippen LogP contribution is 2.35. The lowest BCUT2D eigenvalue weighted by atomic mass is 9.92. The van der Waals surface area contributed by atoms with Crippen molar-refractivity contribution in [1.29, 1.82) is 0 Å². The summed E-state index contributed by atoms with van der Waals surface area (Å²) in [7, 11) is 1.58. The molecule has 1 fully saturated rings. The van der Waals surface area contributed by atoms with Gasteiger partial charge in [-0.1, -0.05) is 25.5 Å². The molecule has 1 aliphatic carbocycles. The first-order valence-electron chi connectivity index (χ1n) is 11.8. The summed E-state index contributed by atoms with van der Waals surface area (Å²) in [5.41, 5.74) is 1.72. The van der Waals surface area contributed by atoms with Crippen LogP contribution in [-0.4, -0.2) is 27.4 Å². The van der Waals surface area contributed by atoms with Crippen LogP contribution in [0.2, 0.25) is 0 Å². The van der Waals surface area contributed by atoms with Gasteiger partial charge in [0.05, 0.1) is 17.0 Å². The maximum absolute atomic E-state index is 15.6. The number of carbonyl (C=O) groups is 2. The minimum Gasteiger partial charge on any atom is -0.311 e. The predicted molar refractivity (Wildman–Crippen MR) is 134 cm³/mol. The lowest BCUT2D eigenvalue weighted by molar-refractivity contribution is -0.117. The number of nitrogens with zero attached hydrogens (tertiary/aromatic N) is 2. The maximum atomic E-state index is 15.6. The summed E-state index contributed by atoms with van der Waals surface area (Å²) in [6, 6.07) is 3.18. The molecule has 0 aromatic carbocycles. The molecule has 2 aromatic rings. The highest BCUT2D eigenvalue weighted by Gasteiger charge is 2.43. The van der Waals surface area contributed by atoms with Crippen molar-refractivity contribution in [3.05, 3.63) is 62.9 Å². The Bertz CT molecular complexity index is 1350. The molecule has 1 aliphatic rings. The van der Waals surface area contributed by atoms with Crippen molar-refractivity contribution in [2.45, 2.75) is 60.1 Å². The lowest BCUT2D eigenvalue weighted by Gasteiger charge is -2.15. The molecule has 0 aliphatic heterocycles. The number of anilines is 1. The van der Waals surface area contributed by atoms with Gasteiger partial charge in [0.15, 0.2) is 5.78 Å². The molecule has 1 saturated carbocycles. The van der Waals surface area contributed by atoms with Gasteiger partial charge in [-0.15, -0.1) is 0 Å². The first-order chi connectivity index (χ1) is 16.5. The van der Waals surface area contributed by atoms with Gasteiger partial charge in [-0.25, -0.2) is 13.8 Å². The summed E-state index contributed by atoms with van der Waals surface area (Å²) in [6.45, 7) is 8.56. The number of allylic oxidation sites excluding steroid dienone is 6.